The molecule has 0 spiro atoms. The molecule has 2 aliphatic carbocycles. The second-order valence-corrected chi connectivity index (χ2v) is 8.22. The average molecular weight is 388 g/mol. The van der Waals surface area contributed by atoms with Gasteiger partial charge in [-0.3, -0.25) is 4.79 Å². The molecular formula is C19H24N4O3S. The summed E-state index contributed by atoms with van der Waals surface area (Å²) in [5.41, 5.74) is 2.14. The van der Waals surface area contributed by atoms with E-state index in [1.807, 2.05) is 6.92 Å². The Kier molecular flexibility index (Phi) is 4.84. The molecule has 4 rings (SSSR count). The number of aromatic amines is 1. The summed E-state index contributed by atoms with van der Waals surface area (Å²) in [6, 6.07) is 0.486. The molecule has 7 nitrogen and oxygen atoms in total. The molecule has 0 aromatic carbocycles. The number of esters is 1. The van der Waals surface area contributed by atoms with Crippen LogP contribution in [0, 0.1) is 13.8 Å². The Morgan fingerprint density at radius 1 is 1.15 bits per heavy atom. The molecule has 0 aliphatic heterocycles. The minimum atomic E-state index is -0.454. The minimum absolute atomic E-state index is 0.0942. The van der Waals surface area contributed by atoms with E-state index in [2.05, 4.69) is 19.7 Å². The zero-order chi connectivity index (χ0) is 19.1. The predicted molar refractivity (Wildman–Crippen MR) is 102 cm³/mol. The Hall–Kier alpha value is -2.09. The van der Waals surface area contributed by atoms with Crippen molar-refractivity contribution < 1.29 is 14.3 Å². The molecule has 0 amide bonds. The minimum Gasteiger partial charge on any atom is -0.462 e. The van der Waals surface area contributed by atoms with Crippen LogP contribution in [-0.2, 0) is 4.74 Å². The van der Waals surface area contributed by atoms with Gasteiger partial charge in [-0.05, 0) is 46.5 Å². The highest BCUT2D eigenvalue weighted by atomic mass is 32.2. The number of Topliss-reactive ketones (excluding diaryl/α,β-unsaturated/α-hetero) is 1. The second-order valence-electron chi connectivity index (χ2n) is 7.27. The highest BCUT2D eigenvalue weighted by Crippen LogP contribution is 2.46. The fraction of sp³-hybridized carbons (Fsp3) is 0.579. The first-order chi connectivity index (χ1) is 13.0. The zero-order valence-corrected chi connectivity index (χ0v) is 16.7. The van der Waals surface area contributed by atoms with Gasteiger partial charge in [0.15, 0.2) is 10.9 Å². The third kappa shape index (κ3) is 3.54. The average Bonchev–Trinajstić information content (AvgIpc) is 3.55. The van der Waals surface area contributed by atoms with Crippen molar-refractivity contribution in [3.8, 4) is 0 Å². The molecule has 1 N–H and O–H groups in total. The van der Waals surface area contributed by atoms with Crippen molar-refractivity contribution in [2.24, 2.45) is 0 Å². The van der Waals surface area contributed by atoms with Crippen LogP contribution in [0.2, 0.25) is 0 Å². The molecule has 2 heterocycles. The first-order valence-electron chi connectivity index (χ1n) is 9.48. The number of carbonyl (C=O) groups is 2. The number of ether oxygens (including phenoxy) is 1. The summed E-state index contributed by atoms with van der Waals surface area (Å²) in [5, 5.41) is 9.54. The quantitative estimate of drug-likeness (QED) is 0.422. The van der Waals surface area contributed by atoms with Gasteiger partial charge in [0.25, 0.3) is 0 Å². The Morgan fingerprint density at radius 3 is 2.48 bits per heavy atom. The van der Waals surface area contributed by atoms with Crippen LogP contribution in [0.4, 0.5) is 0 Å². The summed E-state index contributed by atoms with van der Waals surface area (Å²) in [7, 11) is 0. The van der Waals surface area contributed by atoms with Gasteiger partial charge >= 0.3 is 5.97 Å². The molecule has 27 heavy (non-hydrogen) atoms. The number of H-pyrrole nitrogens is 1. The zero-order valence-electron chi connectivity index (χ0n) is 15.9. The Balaban J connectivity index is 1.53. The Bertz CT molecular complexity index is 893. The lowest BCUT2D eigenvalue weighted by Crippen LogP contribution is -2.13. The molecule has 2 aromatic heterocycles. The number of nitrogens with one attached hydrogen (secondary N) is 1. The van der Waals surface area contributed by atoms with Crippen LogP contribution in [0.1, 0.15) is 82.5 Å². The summed E-state index contributed by atoms with van der Waals surface area (Å²) < 4.78 is 7.36. The van der Waals surface area contributed by atoms with E-state index in [0.717, 1.165) is 23.8 Å². The van der Waals surface area contributed by atoms with Gasteiger partial charge < -0.3 is 14.3 Å². The van der Waals surface area contributed by atoms with Gasteiger partial charge in [-0.1, -0.05) is 11.8 Å². The van der Waals surface area contributed by atoms with Gasteiger partial charge in [0, 0.05) is 23.3 Å². The van der Waals surface area contributed by atoms with E-state index in [1.54, 1.807) is 13.8 Å². The lowest BCUT2D eigenvalue weighted by Gasteiger charge is -2.08. The molecule has 2 fully saturated rings. The van der Waals surface area contributed by atoms with Crippen molar-refractivity contribution in [1.82, 2.24) is 19.7 Å². The third-order valence-electron chi connectivity index (χ3n) is 5.01. The van der Waals surface area contributed by atoms with Crippen molar-refractivity contribution in [1.29, 1.82) is 0 Å². The van der Waals surface area contributed by atoms with E-state index >= 15 is 0 Å². The number of ketones is 1. The summed E-state index contributed by atoms with van der Waals surface area (Å²) in [5.74, 6) is 1.29. The summed E-state index contributed by atoms with van der Waals surface area (Å²) in [6.07, 6.45) is 4.67. The molecule has 2 saturated carbocycles. The number of hydrogen-bond donors (Lipinski definition) is 1. The molecule has 144 valence electrons. The second kappa shape index (κ2) is 7.14. The number of nitrogens with zero attached hydrogens (tertiary/aromatic N) is 3. The molecule has 8 heteroatoms. The molecule has 2 aromatic rings. The molecule has 0 radical (unpaired) electrons. The van der Waals surface area contributed by atoms with Gasteiger partial charge in [0.05, 0.1) is 23.5 Å². The van der Waals surface area contributed by atoms with Crippen molar-refractivity contribution in [2.45, 2.75) is 63.6 Å². The number of carbonyl (C=O) groups excluding carboxylic acids is 2. The van der Waals surface area contributed by atoms with Gasteiger partial charge in [-0.2, -0.15) is 0 Å². The number of aromatic nitrogens is 4. The van der Waals surface area contributed by atoms with Crippen molar-refractivity contribution in [2.75, 3.05) is 12.4 Å². The van der Waals surface area contributed by atoms with E-state index in [9.17, 15) is 9.59 Å². The third-order valence-corrected chi connectivity index (χ3v) is 5.95. The van der Waals surface area contributed by atoms with E-state index in [1.165, 1.54) is 24.6 Å². The van der Waals surface area contributed by atoms with Crippen molar-refractivity contribution >= 4 is 23.5 Å². The van der Waals surface area contributed by atoms with Crippen LogP contribution in [0.25, 0.3) is 0 Å². The predicted octanol–water partition coefficient (Wildman–Crippen LogP) is 3.59. The largest absolute Gasteiger partial charge is 0.462 e. The maximum atomic E-state index is 12.9. The smallest absolute Gasteiger partial charge is 0.340 e. The van der Waals surface area contributed by atoms with E-state index in [4.69, 9.17) is 4.74 Å². The summed E-state index contributed by atoms with van der Waals surface area (Å²) in [6.45, 7) is 5.63. The van der Waals surface area contributed by atoms with E-state index in [0.29, 0.717) is 34.5 Å². The van der Waals surface area contributed by atoms with Crippen LogP contribution < -0.4 is 0 Å². The number of aryl methyl sites for hydroxylation is 2. The highest BCUT2D eigenvalue weighted by Gasteiger charge is 2.36. The Morgan fingerprint density at radius 2 is 1.85 bits per heavy atom. The summed E-state index contributed by atoms with van der Waals surface area (Å²) in [4.78, 5) is 28.3. The van der Waals surface area contributed by atoms with Crippen LogP contribution in [0.3, 0.4) is 0 Å². The molecule has 0 bridgehead atoms. The molecular weight excluding hydrogens is 364 g/mol. The van der Waals surface area contributed by atoms with Crippen LogP contribution in [0.5, 0.6) is 0 Å². The maximum absolute atomic E-state index is 12.9. The number of thioether (sulfide) groups is 1. The number of hydrogen-bond acceptors (Lipinski definition) is 6. The fourth-order valence-corrected chi connectivity index (χ4v) is 4.36. The lowest BCUT2D eigenvalue weighted by atomic mass is 10.1. The van der Waals surface area contributed by atoms with Crippen molar-refractivity contribution in [3.63, 3.8) is 0 Å². The lowest BCUT2D eigenvalue weighted by molar-refractivity contribution is 0.0522. The first kappa shape index (κ1) is 18.3. The maximum Gasteiger partial charge on any atom is 0.340 e. The Labute approximate surface area is 162 Å². The standard InChI is InChI=1S/C19H24N4O3S/c1-4-26-18(25)16-11(3)20-10(2)15(16)14(24)9-27-19-22-21-17(12-5-6-12)23(19)13-7-8-13/h12-13,20H,4-9H2,1-3H3. The van der Waals surface area contributed by atoms with Crippen LogP contribution in [-0.4, -0.2) is 43.9 Å². The van der Waals surface area contributed by atoms with Gasteiger partial charge in [0.2, 0.25) is 0 Å². The fourth-order valence-electron chi connectivity index (χ4n) is 3.47. The molecule has 0 atom stereocenters. The topological polar surface area (TPSA) is 89.9 Å². The van der Waals surface area contributed by atoms with Gasteiger partial charge in [-0.25, -0.2) is 4.79 Å². The summed E-state index contributed by atoms with van der Waals surface area (Å²) >= 11 is 1.41. The van der Waals surface area contributed by atoms with E-state index in [-0.39, 0.29) is 18.1 Å². The SMILES string of the molecule is CCOC(=O)c1c(C)[nH]c(C)c1C(=O)CSc1nnc(C2CC2)n1C1CC1. The van der Waals surface area contributed by atoms with Crippen LogP contribution >= 0.6 is 11.8 Å². The number of rotatable bonds is 8. The normalized spacial score (nSPS) is 16.6. The highest BCUT2D eigenvalue weighted by molar-refractivity contribution is 7.99. The molecule has 0 saturated heterocycles. The van der Waals surface area contributed by atoms with Gasteiger partial charge in [-0.15, -0.1) is 10.2 Å². The molecule has 0 unspecified atom stereocenters. The van der Waals surface area contributed by atoms with Crippen molar-refractivity contribution in [3.05, 3.63) is 28.3 Å². The van der Waals surface area contributed by atoms with Gasteiger partial charge in [0.1, 0.15) is 5.82 Å². The monoisotopic (exact) mass is 388 g/mol. The van der Waals surface area contributed by atoms with E-state index < -0.39 is 5.97 Å². The first-order valence-corrected chi connectivity index (χ1v) is 10.5. The van der Waals surface area contributed by atoms with Crippen LogP contribution in [0.15, 0.2) is 5.16 Å². The molecule has 2 aliphatic rings.